The minimum atomic E-state index is -3.60. The Hall–Kier alpha value is -1.86. The maximum atomic E-state index is 12.6. The van der Waals surface area contributed by atoms with Gasteiger partial charge in [0.25, 0.3) is 0 Å². The molecular weight excluding hydrogens is 316 g/mol. The van der Waals surface area contributed by atoms with Crippen molar-refractivity contribution in [1.82, 2.24) is 4.31 Å². The minimum absolute atomic E-state index is 0.120. The standard InChI is InChI=1S/C16H24N2O4S/c1-6-18(7-2)23(20,21)13-8-9-15(22-5)14(11-13)17-16(19)10-12(3)4/h8-11H,6-7H2,1-5H3,(H,17,19). The van der Waals surface area contributed by atoms with E-state index in [9.17, 15) is 13.2 Å². The van der Waals surface area contributed by atoms with E-state index in [0.717, 1.165) is 5.57 Å². The van der Waals surface area contributed by atoms with Crippen LogP contribution in [-0.2, 0) is 14.8 Å². The lowest BCUT2D eigenvalue weighted by molar-refractivity contribution is -0.112. The van der Waals surface area contributed by atoms with Crippen molar-refractivity contribution in [3.05, 3.63) is 29.8 Å². The molecule has 0 saturated heterocycles. The van der Waals surface area contributed by atoms with Gasteiger partial charge in [0.1, 0.15) is 5.75 Å². The number of amides is 1. The molecule has 0 aliphatic carbocycles. The Balaban J connectivity index is 3.27. The number of methoxy groups -OCH3 is 1. The van der Waals surface area contributed by atoms with Gasteiger partial charge in [0.05, 0.1) is 17.7 Å². The molecule has 0 fully saturated rings. The summed E-state index contributed by atoms with van der Waals surface area (Å²) in [6, 6.07) is 4.43. The summed E-state index contributed by atoms with van der Waals surface area (Å²) >= 11 is 0. The van der Waals surface area contributed by atoms with Crippen LogP contribution in [0.25, 0.3) is 0 Å². The number of nitrogens with one attached hydrogen (secondary N) is 1. The number of carbonyl (C=O) groups is 1. The topological polar surface area (TPSA) is 75.7 Å². The minimum Gasteiger partial charge on any atom is -0.495 e. The highest BCUT2D eigenvalue weighted by Crippen LogP contribution is 2.29. The first-order chi connectivity index (χ1) is 10.8. The number of rotatable bonds is 7. The van der Waals surface area contributed by atoms with Gasteiger partial charge in [-0.2, -0.15) is 4.31 Å². The van der Waals surface area contributed by atoms with Crippen LogP contribution in [0, 0.1) is 0 Å². The van der Waals surface area contributed by atoms with E-state index in [1.54, 1.807) is 27.7 Å². The monoisotopic (exact) mass is 340 g/mol. The predicted octanol–water partition coefficient (Wildman–Crippen LogP) is 2.63. The van der Waals surface area contributed by atoms with E-state index in [2.05, 4.69) is 5.32 Å². The maximum Gasteiger partial charge on any atom is 0.248 e. The second kappa shape index (κ2) is 8.12. The molecule has 1 rings (SSSR count). The largest absolute Gasteiger partial charge is 0.495 e. The van der Waals surface area contributed by atoms with E-state index in [1.807, 2.05) is 0 Å². The van der Waals surface area contributed by atoms with E-state index in [4.69, 9.17) is 4.74 Å². The van der Waals surface area contributed by atoms with Crippen molar-refractivity contribution >= 4 is 21.6 Å². The Morgan fingerprint density at radius 2 is 1.87 bits per heavy atom. The summed E-state index contributed by atoms with van der Waals surface area (Å²) in [6.45, 7) is 7.93. The van der Waals surface area contributed by atoms with Crippen molar-refractivity contribution in [3.8, 4) is 5.75 Å². The summed E-state index contributed by atoms with van der Waals surface area (Å²) in [4.78, 5) is 12.0. The number of carbonyl (C=O) groups excluding carboxylic acids is 1. The zero-order valence-corrected chi connectivity index (χ0v) is 15.0. The van der Waals surface area contributed by atoms with Gasteiger partial charge in [0.15, 0.2) is 0 Å². The van der Waals surface area contributed by atoms with Gasteiger partial charge in [-0.05, 0) is 32.0 Å². The summed E-state index contributed by atoms with van der Waals surface area (Å²) in [6.07, 6.45) is 1.44. The summed E-state index contributed by atoms with van der Waals surface area (Å²) < 4.78 is 31.7. The lowest BCUT2D eigenvalue weighted by Crippen LogP contribution is -2.30. The van der Waals surface area contributed by atoms with Gasteiger partial charge in [-0.25, -0.2) is 8.42 Å². The molecule has 0 heterocycles. The SMILES string of the molecule is CCN(CC)S(=O)(=O)c1ccc(OC)c(NC(=O)C=C(C)C)c1. The fourth-order valence-electron chi connectivity index (χ4n) is 2.09. The van der Waals surface area contributed by atoms with Crippen LogP contribution in [0.2, 0.25) is 0 Å². The lowest BCUT2D eigenvalue weighted by atomic mass is 10.2. The number of hydrogen-bond acceptors (Lipinski definition) is 4. The van der Waals surface area contributed by atoms with Crippen LogP contribution in [-0.4, -0.2) is 38.8 Å². The molecule has 1 aromatic rings. The summed E-state index contributed by atoms with van der Waals surface area (Å²) in [5, 5.41) is 2.66. The quantitative estimate of drug-likeness (QED) is 0.774. The molecule has 0 radical (unpaired) electrons. The van der Waals surface area contributed by atoms with E-state index in [0.29, 0.717) is 24.5 Å². The van der Waals surface area contributed by atoms with E-state index >= 15 is 0 Å². The van der Waals surface area contributed by atoms with Crippen LogP contribution in [0.4, 0.5) is 5.69 Å². The molecule has 23 heavy (non-hydrogen) atoms. The van der Waals surface area contributed by atoms with Crippen LogP contribution < -0.4 is 10.1 Å². The number of sulfonamides is 1. The average molecular weight is 340 g/mol. The third-order valence-corrected chi connectivity index (χ3v) is 5.24. The fourth-order valence-corrected chi connectivity index (χ4v) is 3.57. The molecule has 6 nitrogen and oxygen atoms in total. The fraction of sp³-hybridized carbons (Fsp3) is 0.438. The van der Waals surface area contributed by atoms with Gasteiger partial charge in [0, 0.05) is 19.2 Å². The van der Waals surface area contributed by atoms with Crippen LogP contribution in [0.5, 0.6) is 5.75 Å². The van der Waals surface area contributed by atoms with Gasteiger partial charge in [-0.3, -0.25) is 4.79 Å². The second-order valence-corrected chi connectivity index (χ2v) is 7.10. The molecule has 7 heteroatoms. The predicted molar refractivity (Wildman–Crippen MR) is 91.2 cm³/mol. The highest BCUT2D eigenvalue weighted by Gasteiger charge is 2.23. The Morgan fingerprint density at radius 3 is 2.35 bits per heavy atom. The number of benzene rings is 1. The van der Waals surface area contributed by atoms with Crippen LogP contribution in [0.3, 0.4) is 0 Å². The highest BCUT2D eigenvalue weighted by atomic mass is 32.2. The van der Waals surface area contributed by atoms with Crippen LogP contribution in [0.15, 0.2) is 34.7 Å². The zero-order chi connectivity index (χ0) is 17.6. The zero-order valence-electron chi connectivity index (χ0n) is 14.2. The Bertz CT molecular complexity index is 688. The molecule has 128 valence electrons. The van der Waals surface area contributed by atoms with Crippen molar-refractivity contribution in [3.63, 3.8) is 0 Å². The Labute approximate surface area is 138 Å². The number of ether oxygens (including phenoxy) is 1. The lowest BCUT2D eigenvalue weighted by Gasteiger charge is -2.19. The van der Waals surface area contributed by atoms with Gasteiger partial charge in [-0.15, -0.1) is 0 Å². The first-order valence-corrected chi connectivity index (χ1v) is 8.84. The van der Waals surface area contributed by atoms with Crippen molar-refractivity contribution < 1.29 is 17.9 Å². The van der Waals surface area contributed by atoms with Gasteiger partial charge in [-0.1, -0.05) is 19.4 Å². The Kier molecular flexibility index (Phi) is 6.78. The first kappa shape index (κ1) is 19.2. The molecule has 1 aromatic carbocycles. The van der Waals surface area contributed by atoms with Crippen molar-refractivity contribution in [2.75, 3.05) is 25.5 Å². The van der Waals surface area contributed by atoms with Crippen molar-refractivity contribution in [2.45, 2.75) is 32.6 Å². The molecule has 0 aliphatic rings. The number of anilines is 1. The number of hydrogen-bond donors (Lipinski definition) is 1. The van der Waals surface area contributed by atoms with Gasteiger partial charge >= 0.3 is 0 Å². The third kappa shape index (κ3) is 4.80. The third-order valence-electron chi connectivity index (χ3n) is 3.19. The molecule has 1 N–H and O–H groups in total. The molecule has 0 atom stereocenters. The van der Waals surface area contributed by atoms with Gasteiger partial charge in [0.2, 0.25) is 15.9 Å². The summed E-state index contributed by atoms with van der Waals surface area (Å²) in [5.41, 5.74) is 1.16. The summed E-state index contributed by atoms with van der Waals surface area (Å²) in [5.74, 6) is 0.0692. The molecule has 0 aromatic heterocycles. The van der Waals surface area contributed by atoms with Crippen LogP contribution >= 0.6 is 0 Å². The summed E-state index contributed by atoms with van der Waals surface area (Å²) in [7, 11) is -2.13. The molecule has 0 spiro atoms. The second-order valence-electron chi connectivity index (χ2n) is 5.16. The van der Waals surface area contributed by atoms with E-state index in [-0.39, 0.29) is 10.8 Å². The van der Waals surface area contributed by atoms with Gasteiger partial charge < -0.3 is 10.1 Å². The average Bonchev–Trinajstić information content (AvgIpc) is 2.47. The smallest absolute Gasteiger partial charge is 0.248 e. The molecule has 0 aliphatic heterocycles. The Morgan fingerprint density at radius 1 is 1.26 bits per heavy atom. The van der Waals surface area contributed by atoms with Crippen molar-refractivity contribution in [2.24, 2.45) is 0 Å². The normalized spacial score (nSPS) is 11.2. The maximum absolute atomic E-state index is 12.6. The molecule has 0 unspecified atom stereocenters. The van der Waals surface area contributed by atoms with Crippen LogP contribution in [0.1, 0.15) is 27.7 Å². The molecule has 0 bridgehead atoms. The number of allylic oxidation sites excluding steroid dienone is 1. The van der Waals surface area contributed by atoms with E-state index in [1.165, 1.54) is 35.7 Å². The first-order valence-electron chi connectivity index (χ1n) is 7.40. The molecular formula is C16H24N2O4S. The highest BCUT2D eigenvalue weighted by molar-refractivity contribution is 7.89. The van der Waals surface area contributed by atoms with E-state index < -0.39 is 10.0 Å². The molecule has 1 amide bonds. The molecule has 0 saturated carbocycles. The van der Waals surface area contributed by atoms with Crippen molar-refractivity contribution in [1.29, 1.82) is 0 Å². The number of nitrogens with zero attached hydrogens (tertiary/aromatic N) is 1.